The topological polar surface area (TPSA) is 96.1 Å². The SMILES string of the molecule is COc1ccc(/C(=N\N)C2=NNC3(CCCCC3)NN2)cc1. The lowest BCUT2D eigenvalue weighted by Gasteiger charge is -2.40. The van der Waals surface area contributed by atoms with Crippen molar-refractivity contribution in [3.05, 3.63) is 29.8 Å². The molecule has 0 bridgehead atoms. The molecule has 0 amide bonds. The summed E-state index contributed by atoms with van der Waals surface area (Å²) in [6.07, 6.45) is 5.78. The highest BCUT2D eigenvalue weighted by Crippen LogP contribution is 2.26. The van der Waals surface area contributed by atoms with E-state index in [-0.39, 0.29) is 5.66 Å². The molecule has 7 nitrogen and oxygen atoms in total. The number of hydrazine groups is 1. The largest absolute Gasteiger partial charge is 0.497 e. The molecule has 1 heterocycles. The van der Waals surface area contributed by atoms with Crippen molar-refractivity contribution < 1.29 is 4.74 Å². The lowest BCUT2D eigenvalue weighted by Crippen LogP contribution is -2.66. The Labute approximate surface area is 130 Å². The number of benzene rings is 1. The molecule has 5 N–H and O–H groups in total. The third-order valence-corrected chi connectivity index (χ3v) is 4.23. The number of nitrogens with zero attached hydrogens (tertiary/aromatic N) is 2. The average molecular weight is 302 g/mol. The summed E-state index contributed by atoms with van der Waals surface area (Å²) in [6.45, 7) is 0. The van der Waals surface area contributed by atoms with E-state index in [0.29, 0.717) is 11.5 Å². The summed E-state index contributed by atoms with van der Waals surface area (Å²) < 4.78 is 5.16. The number of amidine groups is 1. The van der Waals surface area contributed by atoms with Crippen molar-refractivity contribution in [1.82, 2.24) is 16.3 Å². The summed E-state index contributed by atoms with van der Waals surface area (Å²) in [7, 11) is 1.64. The number of methoxy groups -OCH3 is 1. The third-order valence-electron chi connectivity index (χ3n) is 4.23. The fourth-order valence-corrected chi connectivity index (χ4v) is 2.92. The van der Waals surface area contributed by atoms with Crippen LogP contribution in [-0.4, -0.2) is 24.3 Å². The quantitative estimate of drug-likeness (QED) is 0.380. The second-order valence-corrected chi connectivity index (χ2v) is 5.67. The number of rotatable bonds is 3. The van der Waals surface area contributed by atoms with E-state index in [4.69, 9.17) is 10.6 Å². The maximum Gasteiger partial charge on any atom is 0.188 e. The van der Waals surface area contributed by atoms with Crippen molar-refractivity contribution in [2.24, 2.45) is 16.0 Å². The number of hydrogen-bond acceptors (Lipinski definition) is 7. The van der Waals surface area contributed by atoms with Crippen molar-refractivity contribution in [3.8, 4) is 5.75 Å². The van der Waals surface area contributed by atoms with Gasteiger partial charge in [0.05, 0.1) is 7.11 Å². The van der Waals surface area contributed by atoms with Gasteiger partial charge in [-0.25, -0.2) is 5.43 Å². The third kappa shape index (κ3) is 2.85. The molecule has 118 valence electrons. The molecule has 2 aliphatic rings. The van der Waals surface area contributed by atoms with Crippen molar-refractivity contribution in [3.63, 3.8) is 0 Å². The zero-order chi connectivity index (χ0) is 15.4. The van der Waals surface area contributed by atoms with Gasteiger partial charge in [-0.1, -0.05) is 6.42 Å². The Bertz CT molecular complexity index is 574. The van der Waals surface area contributed by atoms with Crippen LogP contribution in [0.15, 0.2) is 34.5 Å². The number of hydrazone groups is 2. The van der Waals surface area contributed by atoms with Crippen LogP contribution in [0.1, 0.15) is 37.7 Å². The monoisotopic (exact) mass is 302 g/mol. The number of ether oxygens (including phenoxy) is 1. The Morgan fingerprint density at radius 2 is 1.95 bits per heavy atom. The van der Waals surface area contributed by atoms with Crippen molar-refractivity contribution >= 4 is 11.5 Å². The van der Waals surface area contributed by atoms with Crippen molar-refractivity contribution in [2.75, 3.05) is 7.11 Å². The minimum absolute atomic E-state index is 0.151. The van der Waals surface area contributed by atoms with Crippen LogP contribution < -0.4 is 26.9 Å². The van der Waals surface area contributed by atoms with Crippen LogP contribution in [0.5, 0.6) is 5.75 Å². The fourth-order valence-electron chi connectivity index (χ4n) is 2.92. The van der Waals surface area contributed by atoms with E-state index in [1.807, 2.05) is 24.3 Å². The van der Waals surface area contributed by atoms with Gasteiger partial charge in [-0.15, -0.1) is 0 Å². The van der Waals surface area contributed by atoms with Gasteiger partial charge >= 0.3 is 0 Å². The second kappa shape index (κ2) is 6.23. The van der Waals surface area contributed by atoms with E-state index in [1.165, 1.54) is 19.3 Å². The van der Waals surface area contributed by atoms with Crippen molar-refractivity contribution in [1.29, 1.82) is 0 Å². The highest BCUT2D eigenvalue weighted by molar-refractivity contribution is 6.47. The van der Waals surface area contributed by atoms with E-state index in [0.717, 1.165) is 24.2 Å². The minimum Gasteiger partial charge on any atom is -0.497 e. The molecule has 0 unspecified atom stereocenters. The second-order valence-electron chi connectivity index (χ2n) is 5.67. The molecule has 7 heteroatoms. The first-order valence-corrected chi connectivity index (χ1v) is 7.57. The predicted octanol–water partition coefficient (Wildman–Crippen LogP) is 1.03. The standard InChI is InChI=1S/C15H22N6O/c1-22-12-7-5-11(6-8-12)13(17-16)14-18-20-15(21-19-14)9-3-2-4-10-15/h5-8,20-21H,2-4,9-10,16H2,1H3,(H,18,19)/b17-13+. The number of nitrogens with two attached hydrogens (primary N) is 1. The molecular formula is C15H22N6O. The molecule has 1 spiro atoms. The minimum atomic E-state index is -0.151. The van der Waals surface area contributed by atoms with Crippen LogP contribution in [0.4, 0.5) is 0 Å². The first kappa shape index (κ1) is 14.6. The first-order chi connectivity index (χ1) is 10.8. The number of hydrogen-bond donors (Lipinski definition) is 4. The van der Waals surface area contributed by atoms with Gasteiger partial charge in [-0.3, -0.25) is 5.43 Å². The van der Waals surface area contributed by atoms with Gasteiger partial charge in [-0.2, -0.15) is 10.2 Å². The molecular weight excluding hydrogens is 280 g/mol. The van der Waals surface area contributed by atoms with E-state index < -0.39 is 0 Å². The average Bonchev–Trinajstić information content (AvgIpc) is 2.59. The molecule has 1 aromatic rings. The van der Waals surface area contributed by atoms with E-state index in [1.54, 1.807) is 7.11 Å². The van der Waals surface area contributed by atoms with Gasteiger partial charge < -0.3 is 16.0 Å². The fraction of sp³-hybridized carbons (Fsp3) is 0.467. The highest BCUT2D eigenvalue weighted by atomic mass is 16.5. The molecule has 3 rings (SSSR count). The molecule has 1 aliphatic carbocycles. The van der Waals surface area contributed by atoms with E-state index >= 15 is 0 Å². The predicted molar refractivity (Wildman–Crippen MR) is 86.4 cm³/mol. The molecule has 22 heavy (non-hydrogen) atoms. The summed E-state index contributed by atoms with van der Waals surface area (Å²) in [5, 5.41) is 8.32. The maximum absolute atomic E-state index is 5.56. The van der Waals surface area contributed by atoms with Gasteiger partial charge in [0.1, 0.15) is 17.1 Å². The molecule has 0 saturated heterocycles. The maximum atomic E-state index is 5.56. The Morgan fingerprint density at radius 3 is 2.50 bits per heavy atom. The molecule has 0 atom stereocenters. The number of nitrogens with one attached hydrogen (secondary N) is 3. The van der Waals surface area contributed by atoms with Gasteiger partial charge in [0, 0.05) is 5.56 Å². The molecule has 1 fully saturated rings. The normalized spacial score (nSPS) is 20.8. The summed E-state index contributed by atoms with van der Waals surface area (Å²) in [6, 6.07) is 7.54. The molecule has 0 radical (unpaired) electrons. The van der Waals surface area contributed by atoms with Gasteiger partial charge in [0.2, 0.25) is 0 Å². The van der Waals surface area contributed by atoms with Crippen LogP contribution in [0.2, 0.25) is 0 Å². The zero-order valence-electron chi connectivity index (χ0n) is 12.7. The summed E-state index contributed by atoms with van der Waals surface area (Å²) >= 11 is 0. The van der Waals surface area contributed by atoms with Gasteiger partial charge in [0.25, 0.3) is 0 Å². The van der Waals surface area contributed by atoms with Gasteiger partial charge in [0.15, 0.2) is 5.84 Å². The van der Waals surface area contributed by atoms with Crippen LogP contribution in [0.25, 0.3) is 0 Å². The summed E-state index contributed by atoms with van der Waals surface area (Å²) in [5.41, 5.74) is 11.0. The Morgan fingerprint density at radius 1 is 1.23 bits per heavy atom. The zero-order valence-corrected chi connectivity index (χ0v) is 12.7. The lowest BCUT2D eigenvalue weighted by atomic mass is 9.90. The van der Waals surface area contributed by atoms with E-state index in [9.17, 15) is 0 Å². The Balaban J connectivity index is 1.77. The van der Waals surface area contributed by atoms with Crippen molar-refractivity contribution in [2.45, 2.75) is 37.8 Å². The Hall–Kier alpha value is -2.28. The van der Waals surface area contributed by atoms with E-state index in [2.05, 4.69) is 26.5 Å². The Kier molecular flexibility index (Phi) is 4.15. The molecule has 0 aromatic heterocycles. The van der Waals surface area contributed by atoms with Crippen LogP contribution in [0.3, 0.4) is 0 Å². The van der Waals surface area contributed by atoms with Crippen LogP contribution in [0, 0.1) is 0 Å². The smallest absolute Gasteiger partial charge is 0.188 e. The molecule has 1 aromatic carbocycles. The lowest BCUT2D eigenvalue weighted by molar-refractivity contribution is 0.162. The first-order valence-electron chi connectivity index (χ1n) is 7.57. The van der Waals surface area contributed by atoms with Crippen LogP contribution >= 0.6 is 0 Å². The summed E-state index contributed by atoms with van der Waals surface area (Å²) in [4.78, 5) is 0. The van der Waals surface area contributed by atoms with Gasteiger partial charge in [-0.05, 0) is 49.9 Å². The summed E-state index contributed by atoms with van der Waals surface area (Å²) in [5.74, 6) is 6.93. The highest BCUT2D eigenvalue weighted by Gasteiger charge is 2.34. The van der Waals surface area contributed by atoms with Crippen LogP contribution in [-0.2, 0) is 0 Å². The molecule has 1 saturated carbocycles. The molecule has 1 aliphatic heterocycles.